The molecule has 0 unspecified atom stereocenters. The van der Waals surface area contributed by atoms with Gasteiger partial charge in [-0.1, -0.05) is 12.1 Å². The zero-order valence-corrected chi connectivity index (χ0v) is 12.0. The second-order valence-corrected chi connectivity index (χ2v) is 5.05. The zero-order chi connectivity index (χ0) is 14.3. The molecule has 20 heavy (non-hydrogen) atoms. The van der Waals surface area contributed by atoms with Gasteiger partial charge in [0.25, 0.3) is 0 Å². The standard InChI is InChI=1S/C14H15N3O2S/c1-17-13(18)10(16-14(17)20)6-8-7-15-12-9(8)4-3-5-11(12)19-2/h3-5,7,15,18H,6H2,1-2H3,(H,16,20). The van der Waals surface area contributed by atoms with Crippen molar-refractivity contribution in [1.82, 2.24) is 14.5 Å². The fraction of sp³-hybridized carbons (Fsp3) is 0.214. The first kappa shape index (κ1) is 12.8. The molecule has 0 amide bonds. The molecule has 3 rings (SSSR count). The minimum atomic E-state index is 0.173. The van der Waals surface area contributed by atoms with Crippen molar-refractivity contribution in [3.8, 4) is 11.6 Å². The summed E-state index contributed by atoms with van der Waals surface area (Å²) in [6.07, 6.45) is 2.50. The number of benzene rings is 1. The number of methoxy groups -OCH3 is 1. The Morgan fingerprint density at radius 3 is 2.85 bits per heavy atom. The molecule has 0 aliphatic heterocycles. The molecule has 0 fully saturated rings. The number of rotatable bonds is 3. The summed E-state index contributed by atoms with van der Waals surface area (Å²) in [7, 11) is 3.38. The van der Waals surface area contributed by atoms with Crippen molar-refractivity contribution in [3.05, 3.63) is 40.4 Å². The van der Waals surface area contributed by atoms with E-state index < -0.39 is 0 Å². The number of nitrogens with one attached hydrogen (secondary N) is 2. The van der Waals surface area contributed by atoms with Crippen molar-refractivity contribution in [2.24, 2.45) is 7.05 Å². The van der Waals surface area contributed by atoms with Gasteiger partial charge in [-0.25, -0.2) is 0 Å². The molecule has 3 aromatic rings. The molecule has 2 heterocycles. The molecular formula is C14H15N3O2S. The summed E-state index contributed by atoms with van der Waals surface area (Å²) in [5.74, 6) is 0.978. The Kier molecular flexibility index (Phi) is 3.02. The summed E-state index contributed by atoms with van der Waals surface area (Å²) in [4.78, 5) is 6.24. The largest absolute Gasteiger partial charge is 0.495 e. The molecule has 0 radical (unpaired) electrons. The highest BCUT2D eigenvalue weighted by Gasteiger charge is 2.13. The van der Waals surface area contributed by atoms with Crippen molar-refractivity contribution >= 4 is 23.1 Å². The molecule has 6 heteroatoms. The van der Waals surface area contributed by atoms with Gasteiger partial charge in [0, 0.05) is 25.1 Å². The normalized spacial score (nSPS) is 11.1. The van der Waals surface area contributed by atoms with Gasteiger partial charge in [0.15, 0.2) is 4.77 Å². The van der Waals surface area contributed by atoms with Crippen LogP contribution in [0.5, 0.6) is 11.6 Å². The Labute approximate surface area is 120 Å². The van der Waals surface area contributed by atoms with Crippen LogP contribution in [0, 0.1) is 4.77 Å². The van der Waals surface area contributed by atoms with Crippen molar-refractivity contribution in [3.63, 3.8) is 0 Å². The third kappa shape index (κ3) is 1.89. The zero-order valence-electron chi connectivity index (χ0n) is 11.2. The van der Waals surface area contributed by atoms with Gasteiger partial charge in [-0.05, 0) is 23.8 Å². The van der Waals surface area contributed by atoms with E-state index in [4.69, 9.17) is 17.0 Å². The summed E-state index contributed by atoms with van der Waals surface area (Å²) in [6, 6.07) is 5.89. The molecule has 0 saturated carbocycles. The number of hydrogen-bond donors (Lipinski definition) is 3. The van der Waals surface area contributed by atoms with Gasteiger partial charge in [0.2, 0.25) is 5.88 Å². The SMILES string of the molecule is COc1cccc2c(Cc3[nH]c(=S)n(C)c3O)c[nH]c12. The van der Waals surface area contributed by atoms with Crippen molar-refractivity contribution in [2.45, 2.75) is 6.42 Å². The van der Waals surface area contributed by atoms with Crippen LogP contribution in [0.4, 0.5) is 0 Å². The second kappa shape index (κ2) is 4.72. The second-order valence-electron chi connectivity index (χ2n) is 4.66. The topological polar surface area (TPSA) is 66.0 Å². The van der Waals surface area contributed by atoms with Crippen LogP contribution in [-0.4, -0.2) is 26.8 Å². The average Bonchev–Trinajstić information content (AvgIpc) is 2.97. The van der Waals surface area contributed by atoms with Gasteiger partial charge in [0.05, 0.1) is 18.3 Å². The van der Waals surface area contributed by atoms with E-state index in [-0.39, 0.29) is 5.88 Å². The highest BCUT2D eigenvalue weighted by molar-refractivity contribution is 7.71. The lowest BCUT2D eigenvalue weighted by atomic mass is 10.1. The molecular weight excluding hydrogens is 274 g/mol. The maximum atomic E-state index is 10.0. The lowest BCUT2D eigenvalue weighted by Crippen LogP contribution is -1.89. The molecule has 0 saturated heterocycles. The van der Waals surface area contributed by atoms with E-state index in [0.29, 0.717) is 16.9 Å². The first-order valence-corrected chi connectivity index (χ1v) is 6.62. The van der Waals surface area contributed by atoms with Crippen LogP contribution >= 0.6 is 12.2 Å². The Hall–Kier alpha value is -2.21. The summed E-state index contributed by atoms with van der Waals surface area (Å²) >= 11 is 5.11. The monoisotopic (exact) mass is 289 g/mol. The van der Waals surface area contributed by atoms with E-state index in [1.807, 2.05) is 24.4 Å². The van der Waals surface area contributed by atoms with Crippen LogP contribution in [0.25, 0.3) is 10.9 Å². The van der Waals surface area contributed by atoms with Gasteiger partial charge >= 0.3 is 0 Å². The summed E-state index contributed by atoms with van der Waals surface area (Å²) < 4.78 is 7.39. The van der Waals surface area contributed by atoms with Crippen LogP contribution in [0.2, 0.25) is 0 Å². The number of H-pyrrole nitrogens is 2. The van der Waals surface area contributed by atoms with E-state index in [1.165, 1.54) is 0 Å². The minimum Gasteiger partial charge on any atom is -0.495 e. The average molecular weight is 289 g/mol. The van der Waals surface area contributed by atoms with Crippen molar-refractivity contribution in [2.75, 3.05) is 7.11 Å². The van der Waals surface area contributed by atoms with Crippen LogP contribution in [0.1, 0.15) is 11.3 Å². The molecule has 2 aromatic heterocycles. The lowest BCUT2D eigenvalue weighted by molar-refractivity contribution is 0.419. The molecule has 0 spiro atoms. The summed E-state index contributed by atoms with van der Waals surface area (Å²) in [5, 5.41) is 11.1. The maximum absolute atomic E-state index is 10.0. The molecule has 0 atom stereocenters. The number of nitrogens with zero attached hydrogens (tertiary/aromatic N) is 1. The molecule has 0 bridgehead atoms. The quantitative estimate of drug-likeness (QED) is 0.650. The van der Waals surface area contributed by atoms with Crippen LogP contribution in [-0.2, 0) is 13.5 Å². The third-order valence-corrected chi connectivity index (χ3v) is 3.88. The van der Waals surface area contributed by atoms with E-state index in [2.05, 4.69) is 9.97 Å². The van der Waals surface area contributed by atoms with Crippen LogP contribution in [0.15, 0.2) is 24.4 Å². The number of imidazole rings is 1. The fourth-order valence-electron chi connectivity index (χ4n) is 2.38. The Bertz CT molecular complexity index is 829. The Balaban J connectivity index is 2.07. The molecule has 3 N–H and O–H groups in total. The predicted molar refractivity (Wildman–Crippen MR) is 79.9 cm³/mol. The number of aromatic nitrogens is 3. The minimum absolute atomic E-state index is 0.173. The molecule has 104 valence electrons. The smallest absolute Gasteiger partial charge is 0.213 e. The van der Waals surface area contributed by atoms with Crippen molar-refractivity contribution in [1.29, 1.82) is 0 Å². The van der Waals surface area contributed by atoms with Gasteiger partial charge in [-0.15, -0.1) is 0 Å². The van der Waals surface area contributed by atoms with Gasteiger partial charge in [-0.3, -0.25) is 4.57 Å². The summed E-state index contributed by atoms with van der Waals surface area (Å²) in [6.45, 7) is 0. The number of aromatic amines is 2. The van der Waals surface area contributed by atoms with Crippen molar-refractivity contribution < 1.29 is 9.84 Å². The van der Waals surface area contributed by atoms with Gasteiger partial charge in [0.1, 0.15) is 5.75 Å². The molecule has 0 aliphatic carbocycles. The summed E-state index contributed by atoms with van der Waals surface area (Å²) in [5.41, 5.74) is 2.74. The Morgan fingerprint density at radius 2 is 2.20 bits per heavy atom. The van der Waals surface area contributed by atoms with Gasteiger partial charge < -0.3 is 19.8 Å². The molecule has 1 aromatic carbocycles. The van der Waals surface area contributed by atoms with Crippen LogP contribution in [0.3, 0.4) is 0 Å². The van der Waals surface area contributed by atoms with E-state index >= 15 is 0 Å². The van der Waals surface area contributed by atoms with Crippen LogP contribution < -0.4 is 4.74 Å². The Morgan fingerprint density at radius 1 is 1.40 bits per heavy atom. The maximum Gasteiger partial charge on any atom is 0.213 e. The lowest BCUT2D eigenvalue weighted by Gasteiger charge is -2.02. The number of para-hydroxylation sites is 1. The number of ether oxygens (including phenoxy) is 1. The third-order valence-electron chi connectivity index (χ3n) is 3.50. The van der Waals surface area contributed by atoms with E-state index in [1.54, 1.807) is 18.7 Å². The first-order chi connectivity index (χ1) is 9.61. The van der Waals surface area contributed by atoms with E-state index in [0.717, 1.165) is 22.2 Å². The first-order valence-electron chi connectivity index (χ1n) is 6.21. The highest BCUT2D eigenvalue weighted by Crippen LogP contribution is 2.29. The fourth-order valence-corrected chi connectivity index (χ4v) is 2.59. The molecule has 0 aliphatic rings. The highest BCUT2D eigenvalue weighted by atomic mass is 32.1. The number of aromatic hydroxyl groups is 1. The van der Waals surface area contributed by atoms with E-state index in [9.17, 15) is 5.11 Å². The number of hydrogen-bond acceptors (Lipinski definition) is 3. The molecule has 5 nitrogen and oxygen atoms in total. The predicted octanol–water partition coefficient (Wildman–Crippen LogP) is 2.87. The number of fused-ring (bicyclic) bond motifs is 1. The van der Waals surface area contributed by atoms with Gasteiger partial charge in [-0.2, -0.15) is 0 Å².